The Morgan fingerprint density at radius 3 is 2.71 bits per heavy atom. The van der Waals surface area contributed by atoms with Crippen LogP contribution in [0.5, 0.6) is 0 Å². The van der Waals surface area contributed by atoms with Crippen molar-refractivity contribution in [3.8, 4) is 0 Å². The molecule has 0 bridgehead atoms. The Balaban J connectivity index is 2.72. The molecule has 0 fully saturated rings. The van der Waals surface area contributed by atoms with E-state index in [-0.39, 0.29) is 24.1 Å². The van der Waals surface area contributed by atoms with E-state index in [1.165, 1.54) is 19.2 Å². The molecule has 0 aliphatic carbocycles. The third kappa shape index (κ3) is 4.56. The van der Waals surface area contributed by atoms with Crippen molar-refractivity contribution in [2.75, 3.05) is 7.11 Å². The molecule has 1 unspecified atom stereocenters. The summed E-state index contributed by atoms with van der Waals surface area (Å²) in [5.41, 5.74) is 0.667. The molecule has 0 aliphatic heterocycles. The number of methoxy groups -OCH3 is 1. The average Bonchev–Trinajstić information content (AvgIpc) is 2.24. The highest BCUT2D eigenvalue weighted by atomic mass is 79.9. The molecule has 4 heteroatoms. The molecule has 0 saturated heterocycles. The fourth-order valence-electron chi connectivity index (χ4n) is 1.70. The van der Waals surface area contributed by atoms with Gasteiger partial charge in [0.1, 0.15) is 11.9 Å². The maximum absolute atomic E-state index is 13.1. The molecule has 0 spiro atoms. The molecule has 0 aliphatic rings. The molecule has 0 aromatic heterocycles. The van der Waals surface area contributed by atoms with Crippen molar-refractivity contribution in [3.63, 3.8) is 0 Å². The lowest BCUT2D eigenvalue weighted by Crippen LogP contribution is -2.24. The van der Waals surface area contributed by atoms with E-state index in [9.17, 15) is 9.18 Å². The molecule has 1 aromatic rings. The summed E-state index contributed by atoms with van der Waals surface area (Å²) in [6, 6.07) is 4.49. The Kier molecular flexibility index (Phi) is 5.78. The van der Waals surface area contributed by atoms with Crippen molar-refractivity contribution in [2.24, 2.45) is 0 Å². The molecule has 94 valence electrons. The topological polar surface area (TPSA) is 26.3 Å². The zero-order valence-electron chi connectivity index (χ0n) is 10.0. The molecular weight excluding hydrogens is 287 g/mol. The van der Waals surface area contributed by atoms with Crippen molar-refractivity contribution in [2.45, 2.75) is 32.3 Å². The molecular formula is C13H16BrFO2. The van der Waals surface area contributed by atoms with Gasteiger partial charge in [0.05, 0.1) is 0 Å². The normalized spacial score (nSPS) is 12.5. The molecule has 1 rings (SSSR count). The van der Waals surface area contributed by atoms with Crippen molar-refractivity contribution >= 4 is 21.7 Å². The summed E-state index contributed by atoms with van der Waals surface area (Å²) < 4.78 is 18.9. The van der Waals surface area contributed by atoms with Crippen molar-refractivity contribution < 1.29 is 13.9 Å². The molecule has 17 heavy (non-hydrogen) atoms. The quantitative estimate of drug-likeness (QED) is 0.804. The highest BCUT2D eigenvalue weighted by molar-refractivity contribution is 9.10. The Morgan fingerprint density at radius 1 is 1.47 bits per heavy atom. The SMILES string of the molecule is CCCC(OC)C(=O)Cc1cc(F)cc(Br)c1. The van der Waals surface area contributed by atoms with E-state index in [1.807, 2.05) is 6.92 Å². The molecule has 2 nitrogen and oxygen atoms in total. The van der Waals surface area contributed by atoms with Crippen LogP contribution >= 0.6 is 15.9 Å². The molecule has 0 radical (unpaired) electrons. The molecule has 0 N–H and O–H groups in total. The third-order valence-corrected chi connectivity index (χ3v) is 2.95. The van der Waals surface area contributed by atoms with Gasteiger partial charge in [-0.1, -0.05) is 29.3 Å². The highest BCUT2D eigenvalue weighted by Crippen LogP contribution is 2.16. The van der Waals surface area contributed by atoms with Gasteiger partial charge in [-0.3, -0.25) is 4.79 Å². The lowest BCUT2D eigenvalue weighted by atomic mass is 10.0. The maximum atomic E-state index is 13.1. The summed E-state index contributed by atoms with van der Waals surface area (Å²) >= 11 is 3.21. The summed E-state index contributed by atoms with van der Waals surface area (Å²) in [4.78, 5) is 11.9. The zero-order chi connectivity index (χ0) is 12.8. The van der Waals surface area contributed by atoms with Gasteiger partial charge in [0, 0.05) is 18.0 Å². The van der Waals surface area contributed by atoms with Gasteiger partial charge < -0.3 is 4.74 Å². The van der Waals surface area contributed by atoms with Crippen LogP contribution in [0.3, 0.4) is 0 Å². The Labute approximate surface area is 109 Å². The van der Waals surface area contributed by atoms with Gasteiger partial charge in [0.25, 0.3) is 0 Å². The minimum absolute atomic E-state index is 0.00755. The third-order valence-electron chi connectivity index (χ3n) is 2.50. The van der Waals surface area contributed by atoms with Crippen molar-refractivity contribution in [3.05, 3.63) is 34.1 Å². The maximum Gasteiger partial charge on any atom is 0.165 e. The van der Waals surface area contributed by atoms with Crippen LogP contribution in [0.25, 0.3) is 0 Å². The number of Topliss-reactive ketones (excluding diaryl/α,β-unsaturated/α-hetero) is 1. The molecule has 0 amide bonds. The van der Waals surface area contributed by atoms with Crippen LogP contribution in [-0.4, -0.2) is 19.0 Å². The van der Waals surface area contributed by atoms with Crippen LogP contribution in [0.1, 0.15) is 25.3 Å². The van der Waals surface area contributed by atoms with E-state index in [0.29, 0.717) is 16.5 Å². The molecule has 1 atom stereocenters. The summed E-state index contributed by atoms with van der Waals surface area (Å²) in [7, 11) is 1.53. The standard InChI is InChI=1S/C13H16BrFO2/c1-3-4-13(17-2)12(16)7-9-5-10(14)8-11(15)6-9/h5-6,8,13H,3-4,7H2,1-2H3. The minimum atomic E-state index is -0.387. The largest absolute Gasteiger partial charge is 0.374 e. The van der Waals surface area contributed by atoms with Gasteiger partial charge >= 0.3 is 0 Å². The number of rotatable bonds is 6. The predicted molar refractivity (Wildman–Crippen MR) is 68.5 cm³/mol. The number of ketones is 1. The fraction of sp³-hybridized carbons (Fsp3) is 0.462. The first kappa shape index (κ1) is 14.3. The predicted octanol–water partition coefficient (Wildman–Crippen LogP) is 3.51. The number of halogens is 2. The van der Waals surface area contributed by atoms with Crippen molar-refractivity contribution in [1.29, 1.82) is 0 Å². The lowest BCUT2D eigenvalue weighted by molar-refractivity contribution is -0.128. The molecule has 1 aromatic carbocycles. The second kappa shape index (κ2) is 6.87. The monoisotopic (exact) mass is 302 g/mol. The Morgan fingerprint density at radius 2 is 2.18 bits per heavy atom. The molecule has 0 saturated carbocycles. The van der Waals surface area contributed by atoms with Crippen LogP contribution < -0.4 is 0 Å². The number of hydrogen-bond donors (Lipinski definition) is 0. The summed E-state index contributed by atoms with van der Waals surface area (Å²) in [5, 5.41) is 0. The van der Waals surface area contributed by atoms with E-state index in [0.717, 1.165) is 6.42 Å². The Hall–Kier alpha value is -0.740. The Bertz CT molecular complexity index is 373. The van der Waals surface area contributed by atoms with Crippen LogP contribution in [-0.2, 0) is 16.0 Å². The van der Waals surface area contributed by atoms with Gasteiger partial charge in [-0.05, 0) is 30.2 Å². The summed E-state index contributed by atoms with van der Waals surface area (Å²) in [6.07, 6.45) is 1.40. The number of carbonyl (C=O) groups excluding carboxylic acids is 1. The number of hydrogen-bond acceptors (Lipinski definition) is 2. The first-order valence-electron chi connectivity index (χ1n) is 5.57. The highest BCUT2D eigenvalue weighted by Gasteiger charge is 2.17. The smallest absolute Gasteiger partial charge is 0.165 e. The van der Waals surface area contributed by atoms with Crippen molar-refractivity contribution in [1.82, 2.24) is 0 Å². The van der Waals surface area contributed by atoms with Gasteiger partial charge in [0.2, 0.25) is 0 Å². The summed E-state index contributed by atoms with van der Waals surface area (Å²) in [5.74, 6) is -0.349. The van der Waals surface area contributed by atoms with Crippen LogP contribution in [0.2, 0.25) is 0 Å². The van der Waals surface area contributed by atoms with Gasteiger partial charge in [-0.2, -0.15) is 0 Å². The van der Waals surface area contributed by atoms with Crippen LogP contribution in [0, 0.1) is 5.82 Å². The summed E-state index contributed by atoms with van der Waals surface area (Å²) in [6.45, 7) is 2.00. The van der Waals surface area contributed by atoms with Gasteiger partial charge in [-0.25, -0.2) is 4.39 Å². The van der Waals surface area contributed by atoms with Gasteiger partial charge in [0.15, 0.2) is 5.78 Å². The second-order valence-corrected chi connectivity index (χ2v) is 4.85. The van der Waals surface area contributed by atoms with E-state index in [2.05, 4.69) is 15.9 Å². The fourth-order valence-corrected chi connectivity index (χ4v) is 2.21. The first-order chi connectivity index (χ1) is 8.06. The number of benzene rings is 1. The lowest BCUT2D eigenvalue weighted by Gasteiger charge is -2.13. The number of carbonyl (C=O) groups is 1. The van der Waals surface area contributed by atoms with Crippen LogP contribution in [0.15, 0.2) is 22.7 Å². The first-order valence-corrected chi connectivity index (χ1v) is 6.36. The van der Waals surface area contributed by atoms with Crippen LogP contribution in [0.4, 0.5) is 4.39 Å². The van der Waals surface area contributed by atoms with E-state index < -0.39 is 0 Å². The van der Waals surface area contributed by atoms with E-state index >= 15 is 0 Å². The van der Waals surface area contributed by atoms with Gasteiger partial charge in [-0.15, -0.1) is 0 Å². The second-order valence-electron chi connectivity index (χ2n) is 3.93. The van der Waals surface area contributed by atoms with E-state index in [1.54, 1.807) is 6.07 Å². The molecule has 0 heterocycles. The number of ether oxygens (including phenoxy) is 1. The average molecular weight is 303 g/mol. The van der Waals surface area contributed by atoms with E-state index in [4.69, 9.17) is 4.74 Å². The minimum Gasteiger partial charge on any atom is -0.374 e. The zero-order valence-corrected chi connectivity index (χ0v) is 11.6.